The van der Waals surface area contributed by atoms with Gasteiger partial charge in [0.2, 0.25) is 0 Å². The van der Waals surface area contributed by atoms with Crippen LogP contribution in [0.3, 0.4) is 0 Å². The number of nitriles is 1. The highest BCUT2D eigenvalue weighted by Crippen LogP contribution is 2.67. The number of hydrogen-bond donors (Lipinski definition) is 0. The fourth-order valence-electron chi connectivity index (χ4n) is 9.05. The number of hydrogen-bond acceptors (Lipinski definition) is 2. The summed E-state index contributed by atoms with van der Waals surface area (Å²) in [5, 5.41) is 13.6. The SMILES string of the molecule is CCCC1(C)C(CC)CCC2C1CCC1(C)C2CCC1[C@H](C)Cn1cc(C#N)cn1. The van der Waals surface area contributed by atoms with Gasteiger partial charge in [-0.15, -0.1) is 0 Å². The van der Waals surface area contributed by atoms with E-state index in [1.807, 2.05) is 10.9 Å². The van der Waals surface area contributed by atoms with Crippen molar-refractivity contribution >= 4 is 0 Å². The summed E-state index contributed by atoms with van der Waals surface area (Å²) in [7, 11) is 0. The Labute approximate surface area is 184 Å². The van der Waals surface area contributed by atoms with Gasteiger partial charge in [0, 0.05) is 12.7 Å². The predicted molar refractivity (Wildman–Crippen MR) is 123 cm³/mol. The minimum absolute atomic E-state index is 0.498. The van der Waals surface area contributed by atoms with Crippen molar-refractivity contribution in [3.05, 3.63) is 18.0 Å². The Bertz CT molecular complexity index is 775. The molecule has 3 aliphatic rings. The second-order valence-electron chi connectivity index (χ2n) is 11.6. The zero-order valence-corrected chi connectivity index (χ0v) is 20.0. The van der Waals surface area contributed by atoms with Gasteiger partial charge in [-0.05, 0) is 91.3 Å². The summed E-state index contributed by atoms with van der Waals surface area (Å²) >= 11 is 0. The molecular weight excluding hydrogens is 366 g/mol. The lowest BCUT2D eigenvalue weighted by Crippen LogP contribution is -2.52. The van der Waals surface area contributed by atoms with Crippen molar-refractivity contribution in [1.29, 1.82) is 5.26 Å². The summed E-state index contributed by atoms with van der Waals surface area (Å²) in [6.07, 6.45) is 16.4. The normalized spacial score (nSPS) is 41.7. The van der Waals surface area contributed by atoms with Crippen molar-refractivity contribution in [3.63, 3.8) is 0 Å². The van der Waals surface area contributed by atoms with Gasteiger partial charge in [-0.2, -0.15) is 10.4 Å². The number of rotatable bonds is 6. The van der Waals surface area contributed by atoms with Crippen LogP contribution in [0.25, 0.3) is 0 Å². The van der Waals surface area contributed by atoms with Gasteiger partial charge in [-0.1, -0.05) is 47.5 Å². The summed E-state index contributed by atoms with van der Waals surface area (Å²) < 4.78 is 2.01. The molecule has 30 heavy (non-hydrogen) atoms. The quantitative estimate of drug-likeness (QED) is 0.504. The molecule has 3 aliphatic carbocycles. The first kappa shape index (κ1) is 21.9. The highest BCUT2D eigenvalue weighted by Gasteiger charge is 2.59. The van der Waals surface area contributed by atoms with E-state index in [2.05, 4.69) is 45.8 Å². The Morgan fingerprint density at radius 1 is 1.17 bits per heavy atom. The second-order valence-corrected chi connectivity index (χ2v) is 11.6. The zero-order chi connectivity index (χ0) is 21.5. The lowest BCUT2D eigenvalue weighted by Gasteiger charge is -2.59. The van der Waals surface area contributed by atoms with E-state index in [1.54, 1.807) is 6.20 Å². The third-order valence-electron chi connectivity index (χ3n) is 10.3. The molecule has 1 aromatic rings. The summed E-state index contributed by atoms with van der Waals surface area (Å²) in [5.41, 5.74) is 1.75. The van der Waals surface area contributed by atoms with E-state index in [1.165, 1.54) is 57.8 Å². The lowest BCUT2D eigenvalue weighted by molar-refractivity contribution is -0.105. The minimum Gasteiger partial charge on any atom is -0.271 e. The van der Waals surface area contributed by atoms with Gasteiger partial charge in [-0.3, -0.25) is 4.68 Å². The van der Waals surface area contributed by atoms with Crippen LogP contribution >= 0.6 is 0 Å². The molecule has 3 nitrogen and oxygen atoms in total. The maximum atomic E-state index is 9.12. The fraction of sp³-hybridized carbons (Fsp3) is 0.852. The Kier molecular flexibility index (Phi) is 6.08. The molecule has 3 fully saturated rings. The molecule has 3 saturated carbocycles. The van der Waals surface area contributed by atoms with E-state index < -0.39 is 0 Å². The molecule has 0 spiro atoms. The van der Waals surface area contributed by atoms with Crippen LogP contribution in [-0.4, -0.2) is 9.78 Å². The third kappa shape index (κ3) is 3.43. The maximum Gasteiger partial charge on any atom is 0.102 e. The smallest absolute Gasteiger partial charge is 0.102 e. The van der Waals surface area contributed by atoms with Gasteiger partial charge in [0.25, 0.3) is 0 Å². The monoisotopic (exact) mass is 409 g/mol. The number of aromatic nitrogens is 2. The van der Waals surface area contributed by atoms with Crippen molar-refractivity contribution in [2.45, 2.75) is 99.0 Å². The zero-order valence-electron chi connectivity index (χ0n) is 20.0. The molecule has 3 heteroatoms. The minimum atomic E-state index is 0.498. The molecule has 8 atom stereocenters. The average molecular weight is 410 g/mol. The van der Waals surface area contributed by atoms with Crippen LogP contribution in [0.1, 0.15) is 98.0 Å². The molecule has 0 radical (unpaired) electrons. The van der Waals surface area contributed by atoms with Crippen molar-refractivity contribution in [3.8, 4) is 6.07 Å². The molecular formula is C27H43N3. The van der Waals surface area contributed by atoms with Gasteiger partial charge in [0.05, 0.1) is 11.8 Å². The molecule has 0 aliphatic heterocycles. The molecule has 0 N–H and O–H groups in total. The van der Waals surface area contributed by atoms with Crippen LogP contribution in [0.4, 0.5) is 0 Å². The fourth-order valence-corrected chi connectivity index (χ4v) is 9.05. The topological polar surface area (TPSA) is 41.6 Å². The lowest BCUT2D eigenvalue weighted by atomic mass is 9.45. The number of nitrogens with zero attached hydrogens (tertiary/aromatic N) is 3. The first-order chi connectivity index (χ1) is 14.4. The Balaban J connectivity index is 1.52. The molecule has 7 unspecified atom stereocenters. The summed E-state index contributed by atoms with van der Waals surface area (Å²) in [4.78, 5) is 0. The van der Waals surface area contributed by atoms with Crippen LogP contribution in [0.15, 0.2) is 12.4 Å². The van der Waals surface area contributed by atoms with Crippen LogP contribution in [0.2, 0.25) is 0 Å². The Morgan fingerprint density at radius 2 is 1.97 bits per heavy atom. The van der Waals surface area contributed by atoms with E-state index in [9.17, 15) is 0 Å². The third-order valence-corrected chi connectivity index (χ3v) is 10.3. The first-order valence-electron chi connectivity index (χ1n) is 12.8. The summed E-state index contributed by atoms with van der Waals surface area (Å²) in [6.45, 7) is 13.5. The van der Waals surface area contributed by atoms with E-state index in [0.29, 0.717) is 22.3 Å². The molecule has 0 aromatic carbocycles. The Morgan fingerprint density at radius 3 is 2.63 bits per heavy atom. The van der Waals surface area contributed by atoms with Crippen LogP contribution in [-0.2, 0) is 6.54 Å². The summed E-state index contributed by atoms with van der Waals surface area (Å²) in [6, 6.07) is 2.22. The highest BCUT2D eigenvalue weighted by atomic mass is 15.3. The van der Waals surface area contributed by atoms with Crippen LogP contribution in [0, 0.1) is 57.7 Å². The van der Waals surface area contributed by atoms with Gasteiger partial charge in [0.1, 0.15) is 6.07 Å². The van der Waals surface area contributed by atoms with E-state index in [4.69, 9.17) is 5.26 Å². The van der Waals surface area contributed by atoms with Gasteiger partial charge in [0.15, 0.2) is 0 Å². The Hall–Kier alpha value is -1.30. The van der Waals surface area contributed by atoms with Crippen LogP contribution < -0.4 is 0 Å². The largest absolute Gasteiger partial charge is 0.271 e. The van der Waals surface area contributed by atoms with Gasteiger partial charge >= 0.3 is 0 Å². The standard InChI is InChI=1S/C27H43N3/c1-6-13-26(4)21(7-2)8-9-22-24-11-10-23(27(24,5)14-12-25(22)26)19(3)17-30-18-20(15-28)16-29-30/h16,18-19,21-25H,6-14,17H2,1-5H3/t19-,21?,22?,23?,24?,25?,26?,27?/m1/s1. The maximum absolute atomic E-state index is 9.12. The van der Waals surface area contributed by atoms with E-state index in [-0.39, 0.29) is 0 Å². The molecule has 0 bridgehead atoms. The second kappa shape index (κ2) is 8.33. The summed E-state index contributed by atoms with van der Waals surface area (Å²) in [5.74, 6) is 5.18. The molecule has 1 heterocycles. The molecule has 1 aromatic heterocycles. The highest BCUT2D eigenvalue weighted by molar-refractivity contribution is 5.21. The van der Waals surface area contributed by atoms with Crippen molar-refractivity contribution < 1.29 is 0 Å². The van der Waals surface area contributed by atoms with Gasteiger partial charge in [-0.25, -0.2) is 0 Å². The van der Waals surface area contributed by atoms with Gasteiger partial charge < -0.3 is 0 Å². The van der Waals surface area contributed by atoms with Crippen molar-refractivity contribution in [2.75, 3.05) is 0 Å². The molecule has 0 saturated heterocycles. The first-order valence-corrected chi connectivity index (χ1v) is 12.8. The molecule has 4 rings (SSSR count). The van der Waals surface area contributed by atoms with E-state index >= 15 is 0 Å². The molecule has 166 valence electrons. The van der Waals surface area contributed by atoms with Crippen molar-refractivity contribution in [2.24, 2.45) is 46.3 Å². The van der Waals surface area contributed by atoms with Crippen LogP contribution in [0.5, 0.6) is 0 Å². The van der Waals surface area contributed by atoms with E-state index in [0.717, 1.165) is 36.1 Å². The number of fused-ring (bicyclic) bond motifs is 3. The average Bonchev–Trinajstić information content (AvgIpc) is 3.32. The predicted octanol–water partition coefficient (Wildman–Crippen LogP) is 7.08. The molecule has 0 amide bonds. The van der Waals surface area contributed by atoms with Crippen molar-refractivity contribution in [1.82, 2.24) is 9.78 Å².